The Morgan fingerprint density at radius 1 is 1.08 bits per heavy atom. The number of ether oxygens (including phenoxy) is 4. The van der Waals surface area contributed by atoms with Crippen molar-refractivity contribution in [2.75, 3.05) is 34.1 Å². The predicted octanol–water partition coefficient (Wildman–Crippen LogP) is 5.30. The lowest BCUT2D eigenvalue weighted by Crippen LogP contribution is -2.31. The molecule has 1 atom stereocenters. The second kappa shape index (κ2) is 9.81. The Morgan fingerprint density at radius 2 is 1.89 bits per heavy atom. The van der Waals surface area contributed by atoms with Gasteiger partial charge in [-0.2, -0.15) is 0 Å². The van der Waals surface area contributed by atoms with Crippen molar-refractivity contribution in [1.82, 2.24) is 15.1 Å². The molecule has 7 nitrogen and oxygen atoms in total. The average molecular weight is 514 g/mol. The predicted molar refractivity (Wildman–Crippen MR) is 141 cm³/mol. The zero-order chi connectivity index (χ0) is 25.4. The van der Waals surface area contributed by atoms with Gasteiger partial charge in [-0.25, -0.2) is 0 Å². The summed E-state index contributed by atoms with van der Waals surface area (Å²) in [5.41, 5.74) is 3.92. The van der Waals surface area contributed by atoms with Crippen molar-refractivity contribution in [3.63, 3.8) is 0 Å². The molecule has 3 heterocycles. The van der Waals surface area contributed by atoms with Crippen LogP contribution >= 0.6 is 11.6 Å². The Hall–Kier alpha value is -3.99. The van der Waals surface area contributed by atoms with Crippen molar-refractivity contribution in [1.29, 1.82) is 0 Å². The van der Waals surface area contributed by atoms with Gasteiger partial charge in [0.2, 0.25) is 12.5 Å². The summed E-state index contributed by atoms with van der Waals surface area (Å²) in [5.74, 6) is 9.37. The molecule has 1 aromatic heterocycles. The van der Waals surface area contributed by atoms with E-state index in [4.69, 9.17) is 30.5 Å². The largest absolute Gasteiger partial charge is 0.492 e. The maximum absolute atomic E-state index is 6.22. The molecule has 0 saturated carbocycles. The number of likely N-dealkylation sites (N-methyl/N-ethyl adjacent to an activating group) is 1. The lowest BCUT2D eigenvalue weighted by atomic mass is 9.91. The van der Waals surface area contributed by atoms with Gasteiger partial charge in [0.25, 0.3) is 0 Å². The minimum absolute atomic E-state index is 0.129. The number of nitrogens with zero attached hydrogens (tertiary/aromatic N) is 3. The number of fused-ring (bicyclic) bond motifs is 3. The second-order valence-electron chi connectivity index (χ2n) is 8.87. The molecule has 186 valence electrons. The molecule has 6 rings (SSSR count). The van der Waals surface area contributed by atoms with Crippen LogP contribution in [0.15, 0.2) is 54.6 Å². The third-order valence-corrected chi connectivity index (χ3v) is 6.99. The van der Waals surface area contributed by atoms with E-state index >= 15 is 0 Å². The quantitative estimate of drug-likeness (QED) is 0.343. The third kappa shape index (κ3) is 4.29. The number of methoxy groups -OCH3 is 1. The van der Waals surface area contributed by atoms with Crippen molar-refractivity contribution in [2.24, 2.45) is 0 Å². The molecule has 0 amide bonds. The van der Waals surface area contributed by atoms with Gasteiger partial charge in [-0.1, -0.05) is 47.7 Å². The molecule has 0 bridgehead atoms. The highest BCUT2D eigenvalue weighted by atomic mass is 35.5. The molecule has 0 saturated heterocycles. The Kier molecular flexibility index (Phi) is 6.21. The molecule has 0 N–H and O–H groups in total. The van der Waals surface area contributed by atoms with Gasteiger partial charge in [-0.15, -0.1) is 10.2 Å². The van der Waals surface area contributed by atoms with Gasteiger partial charge in [0.05, 0.1) is 7.11 Å². The molecule has 0 radical (unpaired) electrons. The smallest absolute Gasteiger partial charge is 0.231 e. The summed E-state index contributed by atoms with van der Waals surface area (Å²) in [4.78, 5) is 2.21. The Morgan fingerprint density at radius 3 is 2.70 bits per heavy atom. The van der Waals surface area contributed by atoms with E-state index in [1.807, 2.05) is 54.6 Å². The van der Waals surface area contributed by atoms with Crippen molar-refractivity contribution >= 4 is 22.4 Å². The van der Waals surface area contributed by atoms with E-state index in [0.717, 1.165) is 52.1 Å². The normalized spacial score (nSPS) is 16.1. The first-order chi connectivity index (χ1) is 18.1. The maximum Gasteiger partial charge on any atom is 0.231 e. The summed E-state index contributed by atoms with van der Waals surface area (Å²) in [7, 11) is 3.72. The van der Waals surface area contributed by atoms with Crippen LogP contribution in [0.3, 0.4) is 0 Å². The summed E-state index contributed by atoms with van der Waals surface area (Å²) < 4.78 is 22.9. The number of hydrogen-bond acceptors (Lipinski definition) is 7. The summed E-state index contributed by atoms with van der Waals surface area (Å²) in [5, 5.41) is 10.6. The van der Waals surface area contributed by atoms with Crippen LogP contribution in [-0.2, 0) is 6.42 Å². The van der Waals surface area contributed by atoms with Crippen molar-refractivity contribution < 1.29 is 18.9 Å². The number of benzene rings is 3. The van der Waals surface area contributed by atoms with E-state index in [1.54, 1.807) is 7.11 Å². The molecule has 3 aromatic carbocycles. The molecular weight excluding hydrogens is 490 g/mol. The van der Waals surface area contributed by atoms with Crippen LogP contribution in [0.4, 0.5) is 0 Å². The fraction of sp³-hybridized carbons (Fsp3) is 0.241. The van der Waals surface area contributed by atoms with Crippen molar-refractivity contribution in [2.45, 2.75) is 12.5 Å². The maximum atomic E-state index is 6.22. The van der Waals surface area contributed by atoms with Gasteiger partial charge in [-0.05, 0) is 49.4 Å². The number of aromatic nitrogens is 2. The minimum Gasteiger partial charge on any atom is -0.492 e. The third-order valence-electron chi connectivity index (χ3n) is 6.72. The zero-order valence-corrected chi connectivity index (χ0v) is 21.2. The van der Waals surface area contributed by atoms with Crippen LogP contribution in [0.1, 0.15) is 17.2 Å². The van der Waals surface area contributed by atoms with E-state index in [-0.39, 0.29) is 19.4 Å². The molecule has 2 aliphatic rings. The van der Waals surface area contributed by atoms with E-state index in [2.05, 4.69) is 34.0 Å². The Balaban J connectivity index is 1.19. The number of rotatable bonds is 4. The molecule has 37 heavy (non-hydrogen) atoms. The molecule has 8 heteroatoms. The van der Waals surface area contributed by atoms with Crippen molar-refractivity contribution in [3.8, 4) is 46.1 Å². The van der Waals surface area contributed by atoms with E-state index in [0.29, 0.717) is 16.7 Å². The van der Waals surface area contributed by atoms with Crippen LogP contribution in [0.2, 0.25) is 5.15 Å². The SMILES string of the molecule is COc1c2c(cc3c1[C@H](C#CCOc1ccc(-c4nnc(Cl)c5ccccc45)cc1)N(C)CC3)OCO2. The van der Waals surface area contributed by atoms with Gasteiger partial charge < -0.3 is 18.9 Å². The first kappa shape index (κ1) is 23.4. The monoisotopic (exact) mass is 513 g/mol. The Bertz CT molecular complexity index is 1550. The second-order valence-corrected chi connectivity index (χ2v) is 9.23. The van der Waals surface area contributed by atoms with Gasteiger partial charge in [0.1, 0.15) is 24.1 Å². The lowest BCUT2D eigenvalue weighted by Gasteiger charge is -2.32. The molecule has 0 unspecified atom stereocenters. The first-order valence-corrected chi connectivity index (χ1v) is 12.3. The molecule has 4 aromatic rings. The van der Waals surface area contributed by atoms with Crippen LogP contribution in [0.5, 0.6) is 23.0 Å². The topological polar surface area (TPSA) is 65.9 Å². The number of halogens is 1. The fourth-order valence-electron chi connectivity index (χ4n) is 4.87. The highest BCUT2D eigenvalue weighted by Crippen LogP contribution is 2.49. The highest BCUT2D eigenvalue weighted by molar-refractivity contribution is 6.34. The van der Waals surface area contributed by atoms with Gasteiger partial charge in [0.15, 0.2) is 16.7 Å². The van der Waals surface area contributed by atoms with Gasteiger partial charge >= 0.3 is 0 Å². The molecular formula is C29H24ClN3O4. The summed E-state index contributed by atoms with van der Waals surface area (Å²) in [6, 6.07) is 17.5. The van der Waals surface area contributed by atoms with Crippen LogP contribution < -0.4 is 18.9 Å². The van der Waals surface area contributed by atoms with Gasteiger partial charge in [0, 0.05) is 28.4 Å². The molecule has 2 aliphatic heterocycles. The van der Waals surface area contributed by atoms with Crippen molar-refractivity contribution in [3.05, 3.63) is 70.9 Å². The molecule has 0 fully saturated rings. The summed E-state index contributed by atoms with van der Waals surface area (Å²) in [6.07, 6.45) is 0.896. The minimum atomic E-state index is -0.129. The summed E-state index contributed by atoms with van der Waals surface area (Å²) >= 11 is 6.22. The van der Waals surface area contributed by atoms with Crippen LogP contribution in [0, 0.1) is 11.8 Å². The van der Waals surface area contributed by atoms with Crippen LogP contribution in [-0.4, -0.2) is 49.2 Å². The first-order valence-electron chi connectivity index (χ1n) is 12.0. The van der Waals surface area contributed by atoms with E-state index in [1.165, 1.54) is 5.56 Å². The standard InChI is InChI=1S/C29H24ClN3O4/c1-33-14-13-19-16-24-27(37-17-36-24)28(34-2)25(19)23(33)8-5-15-35-20-11-9-18(10-12-20)26-21-6-3-4-7-22(21)29(30)32-31-26/h3-4,6-7,9-12,16,23H,13-15,17H2,1-2H3/t23-/m0/s1. The Labute approximate surface area is 219 Å². The highest BCUT2D eigenvalue weighted by Gasteiger charge is 2.33. The molecule has 0 aliphatic carbocycles. The van der Waals surface area contributed by atoms with E-state index in [9.17, 15) is 0 Å². The zero-order valence-electron chi connectivity index (χ0n) is 20.5. The summed E-state index contributed by atoms with van der Waals surface area (Å²) in [6.45, 7) is 1.35. The van der Waals surface area contributed by atoms with Crippen LogP contribution in [0.25, 0.3) is 22.0 Å². The molecule has 0 spiro atoms. The number of hydrogen-bond donors (Lipinski definition) is 0. The average Bonchev–Trinajstić information content (AvgIpc) is 3.40. The lowest BCUT2D eigenvalue weighted by molar-refractivity contribution is 0.171. The van der Waals surface area contributed by atoms with Gasteiger partial charge in [-0.3, -0.25) is 4.90 Å². The fourth-order valence-corrected chi connectivity index (χ4v) is 5.07. The van der Waals surface area contributed by atoms with E-state index < -0.39 is 0 Å².